The first kappa shape index (κ1) is 22.0. The Bertz CT molecular complexity index is 814. The number of hydrogen-bond acceptors (Lipinski definition) is 6. The molecule has 2 N–H and O–H groups in total. The first-order valence-electron chi connectivity index (χ1n) is 9.04. The number of aliphatic imine (C=N–C) groups is 1. The van der Waals surface area contributed by atoms with E-state index in [1.54, 1.807) is 42.6 Å². The van der Waals surface area contributed by atoms with Gasteiger partial charge in [0.25, 0.3) is 0 Å². The lowest BCUT2D eigenvalue weighted by molar-refractivity contribution is 0.323. The fraction of sp³-hybridized carbons (Fsp3) is 0.381. The maximum absolute atomic E-state index is 5.44. The number of hydrogen-bond donors (Lipinski definition) is 2. The van der Waals surface area contributed by atoms with E-state index < -0.39 is 0 Å². The molecule has 0 aromatic heterocycles. The van der Waals surface area contributed by atoms with E-state index in [0.29, 0.717) is 36.3 Å². The molecule has 2 aromatic rings. The monoisotopic (exact) mass is 403 g/mol. The molecule has 0 aliphatic heterocycles. The molecule has 0 spiro atoms. The quantitative estimate of drug-likeness (QED) is 0.492. The third kappa shape index (κ3) is 5.60. The van der Waals surface area contributed by atoms with Crippen molar-refractivity contribution in [2.75, 3.05) is 42.6 Å². The van der Waals surface area contributed by atoms with Crippen LogP contribution in [-0.2, 0) is 13.1 Å². The Hall–Kier alpha value is -3.29. The lowest BCUT2D eigenvalue weighted by Gasteiger charge is -2.16. The van der Waals surface area contributed by atoms with Gasteiger partial charge in [0.15, 0.2) is 17.5 Å². The molecule has 0 aliphatic rings. The highest BCUT2D eigenvalue weighted by Crippen LogP contribution is 2.38. The lowest BCUT2D eigenvalue weighted by Crippen LogP contribution is -2.36. The van der Waals surface area contributed by atoms with Crippen molar-refractivity contribution in [1.82, 2.24) is 10.6 Å². The largest absolute Gasteiger partial charge is 0.497 e. The van der Waals surface area contributed by atoms with Gasteiger partial charge in [-0.2, -0.15) is 0 Å². The van der Waals surface area contributed by atoms with E-state index in [4.69, 9.17) is 23.7 Å². The maximum atomic E-state index is 5.44. The second-order valence-electron chi connectivity index (χ2n) is 5.99. The topological polar surface area (TPSA) is 82.6 Å². The summed E-state index contributed by atoms with van der Waals surface area (Å²) in [6.45, 7) is 1.07. The number of guanidine groups is 1. The highest BCUT2D eigenvalue weighted by molar-refractivity contribution is 5.79. The van der Waals surface area contributed by atoms with Crippen molar-refractivity contribution in [1.29, 1.82) is 0 Å². The first-order chi connectivity index (χ1) is 14.1. The average Bonchev–Trinajstić information content (AvgIpc) is 2.78. The van der Waals surface area contributed by atoms with Crippen molar-refractivity contribution >= 4 is 5.96 Å². The second kappa shape index (κ2) is 10.9. The van der Waals surface area contributed by atoms with Crippen molar-refractivity contribution in [2.45, 2.75) is 13.1 Å². The fourth-order valence-corrected chi connectivity index (χ4v) is 2.82. The Morgan fingerprint density at radius 3 is 1.90 bits per heavy atom. The van der Waals surface area contributed by atoms with E-state index in [9.17, 15) is 0 Å². The highest BCUT2D eigenvalue weighted by atomic mass is 16.5. The van der Waals surface area contributed by atoms with Crippen LogP contribution in [0.5, 0.6) is 28.7 Å². The molecule has 0 radical (unpaired) electrons. The summed E-state index contributed by atoms with van der Waals surface area (Å²) < 4.78 is 26.8. The van der Waals surface area contributed by atoms with E-state index >= 15 is 0 Å². The van der Waals surface area contributed by atoms with Crippen LogP contribution in [0.2, 0.25) is 0 Å². The van der Waals surface area contributed by atoms with Crippen LogP contribution < -0.4 is 34.3 Å². The molecule has 0 aliphatic carbocycles. The molecular weight excluding hydrogens is 374 g/mol. The van der Waals surface area contributed by atoms with Gasteiger partial charge in [0, 0.05) is 31.8 Å². The lowest BCUT2D eigenvalue weighted by atomic mass is 10.1. The Labute approximate surface area is 171 Å². The van der Waals surface area contributed by atoms with Crippen LogP contribution in [-0.4, -0.2) is 48.6 Å². The number of benzene rings is 2. The van der Waals surface area contributed by atoms with Gasteiger partial charge in [0.05, 0.1) is 35.5 Å². The van der Waals surface area contributed by atoms with E-state index in [1.807, 2.05) is 30.3 Å². The Morgan fingerprint density at radius 2 is 1.38 bits per heavy atom. The van der Waals surface area contributed by atoms with E-state index in [2.05, 4.69) is 15.6 Å². The van der Waals surface area contributed by atoms with E-state index in [0.717, 1.165) is 22.6 Å². The smallest absolute Gasteiger partial charge is 0.203 e. The number of ether oxygens (including phenoxy) is 5. The summed E-state index contributed by atoms with van der Waals surface area (Å²) in [7, 11) is 9.75. The van der Waals surface area contributed by atoms with Gasteiger partial charge in [0.2, 0.25) is 5.75 Å². The van der Waals surface area contributed by atoms with Crippen LogP contribution in [0.3, 0.4) is 0 Å². The Kier molecular flexibility index (Phi) is 8.27. The zero-order chi connectivity index (χ0) is 21.2. The van der Waals surface area contributed by atoms with Crippen molar-refractivity contribution in [3.8, 4) is 28.7 Å². The molecule has 2 aromatic carbocycles. The van der Waals surface area contributed by atoms with Crippen LogP contribution in [0.25, 0.3) is 0 Å². The zero-order valence-electron chi connectivity index (χ0n) is 17.8. The Balaban J connectivity index is 2.05. The molecule has 0 fully saturated rings. The van der Waals surface area contributed by atoms with Gasteiger partial charge in [-0.15, -0.1) is 0 Å². The first-order valence-corrected chi connectivity index (χ1v) is 9.04. The molecule has 0 saturated carbocycles. The molecule has 0 bridgehead atoms. The van der Waals surface area contributed by atoms with E-state index in [1.165, 1.54) is 0 Å². The molecule has 0 heterocycles. The summed E-state index contributed by atoms with van der Waals surface area (Å²) in [6, 6.07) is 9.49. The molecule has 29 heavy (non-hydrogen) atoms. The minimum atomic E-state index is 0.524. The molecule has 0 saturated heterocycles. The van der Waals surface area contributed by atoms with Crippen molar-refractivity contribution in [3.63, 3.8) is 0 Å². The molecular formula is C21H29N3O5. The molecule has 158 valence electrons. The minimum Gasteiger partial charge on any atom is -0.497 e. The van der Waals surface area contributed by atoms with Crippen LogP contribution in [0.1, 0.15) is 11.1 Å². The second-order valence-corrected chi connectivity index (χ2v) is 5.99. The van der Waals surface area contributed by atoms with Crippen molar-refractivity contribution in [2.24, 2.45) is 4.99 Å². The van der Waals surface area contributed by atoms with Crippen LogP contribution >= 0.6 is 0 Å². The summed E-state index contributed by atoms with van der Waals surface area (Å²) >= 11 is 0. The molecule has 0 unspecified atom stereocenters. The van der Waals surface area contributed by atoms with Gasteiger partial charge in [-0.05, 0) is 29.8 Å². The SMILES string of the molecule is CN=C(NCc1cc(OC)c(OC)c(OC)c1)NCc1ccc(OC)cc1OC. The minimum absolute atomic E-state index is 0.524. The van der Waals surface area contributed by atoms with Gasteiger partial charge in [-0.25, -0.2) is 0 Å². The summed E-state index contributed by atoms with van der Waals surface area (Å²) in [4.78, 5) is 4.27. The fourth-order valence-electron chi connectivity index (χ4n) is 2.82. The van der Waals surface area contributed by atoms with Gasteiger partial charge in [-0.1, -0.05) is 0 Å². The zero-order valence-corrected chi connectivity index (χ0v) is 17.8. The number of methoxy groups -OCH3 is 5. The average molecular weight is 403 g/mol. The van der Waals surface area contributed by atoms with Crippen LogP contribution in [0.15, 0.2) is 35.3 Å². The van der Waals surface area contributed by atoms with Gasteiger partial charge < -0.3 is 34.3 Å². The predicted molar refractivity (Wildman–Crippen MR) is 113 cm³/mol. The molecule has 8 heteroatoms. The van der Waals surface area contributed by atoms with Crippen LogP contribution in [0.4, 0.5) is 0 Å². The van der Waals surface area contributed by atoms with Crippen molar-refractivity contribution in [3.05, 3.63) is 41.5 Å². The van der Waals surface area contributed by atoms with Gasteiger partial charge in [-0.3, -0.25) is 4.99 Å². The van der Waals surface area contributed by atoms with Crippen molar-refractivity contribution < 1.29 is 23.7 Å². The van der Waals surface area contributed by atoms with Crippen LogP contribution in [0, 0.1) is 0 Å². The van der Waals surface area contributed by atoms with Gasteiger partial charge in [0.1, 0.15) is 11.5 Å². The van der Waals surface area contributed by atoms with E-state index in [-0.39, 0.29) is 0 Å². The standard InChI is InChI=1S/C21H29N3O5/c1-22-21(24-13-15-7-8-16(25-2)11-17(15)26-3)23-12-14-9-18(27-4)20(29-6)19(10-14)28-5/h7-11H,12-13H2,1-6H3,(H2,22,23,24). The molecule has 8 nitrogen and oxygen atoms in total. The summed E-state index contributed by atoms with van der Waals surface area (Å²) in [5, 5.41) is 6.56. The Morgan fingerprint density at radius 1 is 0.759 bits per heavy atom. The summed E-state index contributed by atoms with van der Waals surface area (Å²) in [5.74, 6) is 3.92. The summed E-state index contributed by atoms with van der Waals surface area (Å²) in [6.07, 6.45) is 0. The molecule has 0 amide bonds. The summed E-state index contributed by atoms with van der Waals surface area (Å²) in [5.41, 5.74) is 1.95. The third-order valence-corrected chi connectivity index (χ3v) is 4.35. The normalized spacial score (nSPS) is 10.9. The maximum Gasteiger partial charge on any atom is 0.203 e. The number of nitrogens with zero attached hydrogens (tertiary/aromatic N) is 1. The number of nitrogens with one attached hydrogen (secondary N) is 2. The number of rotatable bonds is 9. The highest BCUT2D eigenvalue weighted by Gasteiger charge is 2.13. The van der Waals surface area contributed by atoms with Gasteiger partial charge >= 0.3 is 0 Å². The third-order valence-electron chi connectivity index (χ3n) is 4.35. The molecule has 2 rings (SSSR count). The predicted octanol–water partition coefficient (Wildman–Crippen LogP) is 2.59. The molecule has 0 atom stereocenters.